The third-order valence-electron chi connectivity index (χ3n) is 2.79. The fourth-order valence-corrected chi connectivity index (χ4v) is 1.14. The van der Waals surface area contributed by atoms with E-state index in [-0.39, 0.29) is 5.91 Å². The predicted molar refractivity (Wildman–Crippen MR) is 63.9 cm³/mol. The van der Waals surface area contributed by atoms with E-state index < -0.39 is 5.41 Å². The second kappa shape index (κ2) is 4.80. The summed E-state index contributed by atoms with van der Waals surface area (Å²) in [5.41, 5.74) is 0.655. The second-order valence-electron chi connectivity index (χ2n) is 4.35. The third-order valence-corrected chi connectivity index (χ3v) is 2.79. The molecule has 0 aliphatic carbocycles. The minimum Gasteiger partial charge on any atom is -0.324 e. The Bertz CT molecular complexity index is 430. The van der Waals surface area contributed by atoms with Crippen LogP contribution in [0.3, 0.4) is 0 Å². The van der Waals surface area contributed by atoms with Crippen molar-refractivity contribution in [1.82, 2.24) is 0 Å². The molecule has 1 aromatic carbocycles. The second-order valence-corrected chi connectivity index (χ2v) is 4.35. The van der Waals surface area contributed by atoms with Crippen LogP contribution in [-0.2, 0) is 4.79 Å². The van der Waals surface area contributed by atoms with Crippen LogP contribution < -0.4 is 5.32 Å². The molecule has 0 saturated carbocycles. The quantitative estimate of drug-likeness (QED) is 0.844. The molecule has 0 radical (unpaired) electrons. The first kappa shape index (κ1) is 12.3. The van der Waals surface area contributed by atoms with Gasteiger partial charge in [-0.2, -0.15) is 5.26 Å². The fourth-order valence-electron chi connectivity index (χ4n) is 1.14. The van der Waals surface area contributed by atoms with Gasteiger partial charge in [-0.3, -0.25) is 4.79 Å². The third kappa shape index (κ3) is 2.60. The Morgan fingerprint density at radius 2 is 2.06 bits per heavy atom. The van der Waals surface area contributed by atoms with Gasteiger partial charge < -0.3 is 5.32 Å². The number of anilines is 1. The van der Waals surface area contributed by atoms with Crippen molar-refractivity contribution in [2.75, 3.05) is 5.32 Å². The summed E-state index contributed by atoms with van der Waals surface area (Å²) in [6.07, 6.45) is 0.757. The van der Waals surface area contributed by atoms with Gasteiger partial charge in [0.15, 0.2) is 0 Å². The van der Waals surface area contributed by atoms with Crippen LogP contribution in [0.2, 0.25) is 0 Å². The zero-order chi connectivity index (χ0) is 12.2. The molecule has 0 aliphatic rings. The van der Waals surface area contributed by atoms with Gasteiger partial charge in [0.2, 0.25) is 5.91 Å². The van der Waals surface area contributed by atoms with Gasteiger partial charge in [0.25, 0.3) is 0 Å². The van der Waals surface area contributed by atoms with Crippen LogP contribution in [0.15, 0.2) is 24.3 Å². The maximum absolute atomic E-state index is 11.9. The maximum Gasteiger partial charge on any atom is 0.230 e. The van der Waals surface area contributed by atoms with Gasteiger partial charge in [0.1, 0.15) is 6.07 Å². The Balaban J connectivity index is 2.90. The van der Waals surface area contributed by atoms with Crippen molar-refractivity contribution in [3.63, 3.8) is 0 Å². The van der Waals surface area contributed by atoms with E-state index in [1.165, 1.54) is 0 Å². The summed E-state index contributed by atoms with van der Waals surface area (Å²) in [4.78, 5) is 11.9. The van der Waals surface area contributed by atoms with Crippen molar-refractivity contribution in [1.29, 1.82) is 5.26 Å². The largest absolute Gasteiger partial charge is 0.324 e. The van der Waals surface area contributed by atoms with E-state index in [9.17, 15) is 4.79 Å². The summed E-state index contributed by atoms with van der Waals surface area (Å²) in [5, 5.41) is 11.7. The summed E-state index contributed by atoms with van der Waals surface area (Å²) in [6.45, 7) is 5.74. The molecule has 0 saturated heterocycles. The molecule has 1 N–H and O–H groups in total. The van der Waals surface area contributed by atoms with Crippen LogP contribution in [-0.4, -0.2) is 5.91 Å². The average molecular weight is 216 g/mol. The lowest BCUT2D eigenvalue weighted by molar-refractivity contribution is -0.124. The predicted octanol–water partition coefficient (Wildman–Crippen LogP) is 2.93. The molecule has 0 aliphatic heterocycles. The molecule has 0 unspecified atom stereocenters. The van der Waals surface area contributed by atoms with Gasteiger partial charge in [-0.1, -0.05) is 32.9 Å². The Labute approximate surface area is 96.1 Å². The molecule has 0 atom stereocenters. The zero-order valence-corrected chi connectivity index (χ0v) is 9.87. The number of para-hydroxylation sites is 1. The monoisotopic (exact) mass is 216 g/mol. The molecule has 1 aromatic rings. The molecule has 1 rings (SSSR count). The lowest BCUT2D eigenvalue weighted by atomic mass is 9.89. The lowest BCUT2D eigenvalue weighted by Crippen LogP contribution is -2.30. The standard InChI is InChI=1S/C13H16N2O/c1-4-13(2,3)12(16)15-11-8-6-5-7-10(11)9-14/h5-8H,4H2,1-3H3,(H,15,16). The Hall–Kier alpha value is -1.82. The molecule has 0 aromatic heterocycles. The van der Waals surface area contributed by atoms with Crippen molar-refractivity contribution >= 4 is 11.6 Å². The minimum absolute atomic E-state index is 0.0577. The summed E-state index contributed by atoms with van der Waals surface area (Å²) in [6, 6.07) is 9.06. The van der Waals surface area contributed by atoms with Crippen molar-refractivity contribution in [3.05, 3.63) is 29.8 Å². The van der Waals surface area contributed by atoms with Gasteiger partial charge >= 0.3 is 0 Å². The van der Waals surface area contributed by atoms with E-state index in [1.54, 1.807) is 24.3 Å². The minimum atomic E-state index is -0.414. The fraction of sp³-hybridized carbons (Fsp3) is 0.385. The van der Waals surface area contributed by atoms with Crippen molar-refractivity contribution in [3.8, 4) is 6.07 Å². The number of hydrogen-bond donors (Lipinski definition) is 1. The Kier molecular flexibility index (Phi) is 3.68. The number of nitrogens with zero attached hydrogens (tertiary/aromatic N) is 1. The highest BCUT2D eigenvalue weighted by Gasteiger charge is 2.25. The van der Waals surface area contributed by atoms with Gasteiger partial charge in [0, 0.05) is 5.41 Å². The van der Waals surface area contributed by atoms with Crippen molar-refractivity contribution in [2.45, 2.75) is 27.2 Å². The molecular weight excluding hydrogens is 200 g/mol. The molecule has 1 amide bonds. The average Bonchev–Trinajstić information content (AvgIpc) is 2.29. The number of nitrogens with one attached hydrogen (secondary N) is 1. The van der Waals surface area contributed by atoms with Gasteiger partial charge in [-0.15, -0.1) is 0 Å². The molecule has 3 heteroatoms. The van der Waals surface area contributed by atoms with Crippen LogP contribution in [0, 0.1) is 16.7 Å². The highest BCUT2D eigenvalue weighted by molar-refractivity contribution is 5.95. The van der Waals surface area contributed by atoms with Crippen molar-refractivity contribution < 1.29 is 4.79 Å². The van der Waals surface area contributed by atoms with Crippen LogP contribution in [0.5, 0.6) is 0 Å². The number of hydrogen-bond acceptors (Lipinski definition) is 2. The summed E-state index contributed by atoms with van der Waals surface area (Å²) in [5.74, 6) is -0.0577. The molecule has 0 heterocycles. The number of carbonyl (C=O) groups is 1. The zero-order valence-electron chi connectivity index (χ0n) is 9.87. The van der Waals surface area contributed by atoms with Gasteiger partial charge in [-0.05, 0) is 18.6 Å². The van der Waals surface area contributed by atoms with E-state index >= 15 is 0 Å². The summed E-state index contributed by atoms with van der Waals surface area (Å²) in [7, 11) is 0. The van der Waals surface area contributed by atoms with Gasteiger partial charge in [-0.25, -0.2) is 0 Å². The van der Waals surface area contributed by atoms with Crippen LogP contribution >= 0.6 is 0 Å². The van der Waals surface area contributed by atoms with E-state index in [4.69, 9.17) is 5.26 Å². The van der Waals surface area contributed by atoms with E-state index in [1.807, 2.05) is 20.8 Å². The van der Waals surface area contributed by atoms with Crippen LogP contribution in [0.1, 0.15) is 32.8 Å². The highest BCUT2D eigenvalue weighted by atomic mass is 16.2. The Morgan fingerprint density at radius 1 is 1.44 bits per heavy atom. The number of amides is 1. The van der Waals surface area contributed by atoms with Crippen molar-refractivity contribution in [2.24, 2.45) is 5.41 Å². The molecule has 16 heavy (non-hydrogen) atoms. The normalized spacial score (nSPS) is 10.6. The number of benzene rings is 1. The molecule has 0 fully saturated rings. The topological polar surface area (TPSA) is 52.9 Å². The van der Waals surface area contributed by atoms with Crippen LogP contribution in [0.4, 0.5) is 5.69 Å². The molecular formula is C13H16N2O. The smallest absolute Gasteiger partial charge is 0.230 e. The van der Waals surface area contributed by atoms with Gasteiger partial charge in [0.05, 0.1) is 11.3 Å². The molecule has 84 valence electrons. The molecule has 0 bridgehead atoms. The number of rotatable bonds is 3. The first-order chi connectivity index (χ1) is 7.51. The number of nitriles is 1. The highest BCUT2D eigenvalue weighted by Crippen LogP contribution is 2.23. The van der Waals surface area contributed by atoms with E-state index in [0.717, 1.165) is 6.42 Å². The van der Waals surface area contributed by atoms with Crippen LogP contribution in [0.25, 0.3) is 0 Å². The summed E-state index contributed by atoms with van der Waals surface area (Å²) < 4.78 is 0. The molecule has 0 spiro atoms. The van der Waals surface area contributed by atoms with E-state index in [2.05, 4.69) is 11.4 Å². The first-order valence-electron chi connectivity index (χ1n) is 5.32. The maximum atomic E-state index is 11.9. The lowest BCUT2D eigenvalue weighted by Gasteiger charge is -2.21. The Morgan fingerprint density at radius 3 is 2.62 bits per heavy atom. The van der Waals surface area contributed by atoms with E-state index in [0.29, 0.717) is 11.3 Å². The first-order valence-corrected chi connectivity index (χ1v) is 5.32. The summed E-state index contributed by atoms with van der Waals surface area (Å²) >= 11 is 0. The number of carbonyl (C=O) groups excluding carboxylic acids is 1. The SMILES string of the molecule is CCC(C)(C)C(=O)Nc1ccccc1C#N. The molecule has 3 nitrogen and oxygen atoms in total.